The molecule has 0 bridgehead atoms. The molecular weight excluding hydrogens is 372 g/mol. The van der Waals surface area contributed by atoms with E-state index in [-0.39, 0.29) is 5.91 Å². The first-order valence-electron chi connectivity index (χ1n) is 9.18. The van der Waals surface area contributed by atoms with Crippen molar-refractivity contribution in [2.75, 3.05) is 14.1 Å². The second kappa shape index (κ2) is 8.59. The van der Waals surface area contributed by atoms with Crippen molar-refractivity contribution < 1.29 is 4.79 Å². The molecule has 0 saturated carbocycles. The highest BCUT2D eigenvalue weighted by atomic mass is 35.5. The molecule has 28 heavy (non-hydrogen) atoms. The lowest BCUT2D eigenvalue weighted by Gasteiger charge is -2.14. The fourth-order valence-electron chi connectivity index (χ4n) is 3.13. The lowest BCUT2D eigenvalue weighted by molar-refractivity contribution is 0.0951. The number of hydrogen-bond donors (Lipinski definition) is 1. The lowest BCUT2D eigenvalue weighted by Crippen LogP contribution is -2.24. The van der Waals surface area contributed by atoms with E-state index < -0.39 is 0 Å². The van der Waals surface area contributed by atoms with Gasteiger partial charge in [-0.2, -0.15) is 5.10 Å². The van der Waals surface area contributed by atoms with E-state index in [2.05, 4.69) is 27.4 Å². The van der Waals surface area contributed by atoms with Crippen LogP contribution in [0.15, 0.2) is 48.5 Å². The zero-order valence-corrected chi connectivity index (χ0v) is 17.4. The average molecular weight is 397 g/mol. The van der Waals surface area contributed by atoms with E-state index >= 15 is 0 Å². The molecule has 3 aromatic rings. The molecule has 0 radical (unpaired) electrons. The van der Waals surface area contributed by atoms with Crippen molar-refractivity contribution in [2.45, 2.75) is 26.9 Å². The second-order valence-electron chi connectivity index (χ2n) is 7.13. The normalized spacial score (nSPS) is 11.1. The number of nitrogens with one attached hydrogen (secondary N) is 1. The molecule has 146 valence electrons. The third-order valence-electron chi connectivity index (χ3n) is 4.62. The minimum absolute atomic E-state index is 0.0994. The maximum Gasteiger partial charge on any atom is 0.251 e. The summed E-state index contributed by atoms with van der Waals surface area (Å²) in [5, 5.41) is 8.12. The molecule has 0 aliphatic rings. The Morgan fingerprint density at radius 3 is 2.29 bits per heavy atom. The van der Waals surface area contributed by atoms with Crippen LogP contribution >= 0.6 is 11.6 Å². The Hall–Kier alpha value is -2.63. The molecule has 1 amide bonds. The third kappa shape index (κ3) is 4.43. The minimum Gasteiger partial charge on any atom is -0.348 e. The first-order valence-corrected chi connectivity index (χ1v) is 9.56. The zero-order valence-electron chi connectivity index (χ0n) is 16.7. The van der Waals surface area contributed by atoms with Crippen LogP contribution in [0.2, 0.25) is 5.02 Å². The van der Waals surface area contributed by atoms with Gasteiger partial charge in [-0.05, 0) is 63.3 Å². The number of aryl methyl sites for hydroxylation is 1. The highest BCUT2D eigenvalue weighted by Crippen LogP contribution is 2.22. The number of amides is 1. The highest BCUT2D eigenvalue weighted by Gasteiger charge is 2.12. The van der Waals surface area contributed by atoms with Crippen LogP contribution in [-0.4, -0.2) is 34.7 Å². The Morgan fingerprint density at radius 1 is 1.07 bits per heavy atom. The van der Waals surface area contributed by atoms with E-state index in [1.165, 1.54) is 5.56 Å². The number of carbonyl (C=O) groups is 1. The zero-order chi connectivity index (χ0) is 20.3. The van der Waals surface area contributed by atoms with E-state index in [1.54, 1.807) is 16.8 Å². The molecule has 0 saturated heterocycles. The fraction of sp³-hybridized carbons (Fsp3) is 0.273. The number of nitrogens with zero attached hydrogens (tertiary/aromatic N) is 3. The molecule has 3 rings (SSSR count). The van der Waals surface area contributed by atoms with Gasteiger partial charge in [-0.15, -0.1) is 0 Å². The summed E-state index contributed by atoms with van der Waals surface area (Å²) in [4.78, 5) is 14.7. The maximum absolute atomic E-state index is 12.6. The molecule has 1 N–H and O–H groups in total. The van der Waals surface area contributed by atoms with Crippen LogP contribution in [0.5, 0.6) is 0 Å². The Labute approximate surface area is 170 Å². The Kier molecular flexibility index (Phi) is 6.17. The van der Waals surface area contributed by atoms with Gasteiger partial charge in [0.2, 0.25) is 0 Å². The number of benzene rings is 2. The van der Waals surface area contributed by atoms with Crippen LogP contribution < -0.4 is 5.32 Å². The molecule has 0 spiro atoms. The summed E-state index contributed by atoms with van der Waals surface area (Å²) in [6, 6.07) is 15.5. The van der Waals surface area contributed by atoms with Crippen LogP contribution in [0.1, 0.15) is 32.9 Å². The quantitative estimate of drug-likeness (QED) is 0.681. The molecule has 0 unspecified atom stereocenters. The van der Waals surface area contributed by atoms with Gasteiger partial charge in [0, 0.05) is 18.7 Å². The van der Waals surface area contributed by atoms with E-state index in [1.807, 2.05) is 52.2 Å². The molecule has 0 aliphatic heterocycles. The minimum atomic E-state index is -0.0994. The van der Waals surface area contributed by atoms with Gasteiger partial charge >= 0.3 is 0 Å². The summed E-state index contributed by atoms with van der Waals surface area (Å²) in [7, 11) is 4.07. The van der Waals surface area contributed by atoms with Gasteiger partial charge in [0.05, 0.1) is 22.1 Å². The molecule has 1 aromatic heterocycles. The number of carbonyl (C=O) groups excluding carboxylic acids is 1. The number of aromatic nitrogens is 2. The first kappa shape index (κ1) is 20.1. The van der Waals surface area contributed by atoms with Crippen LogP contribution in [0.4, 0.5) is 0 Å². The van der Waals surface area contributed by atoms with E-state index in [4.69, 9.17) is 11.6 Å². The van der Waals surface area contributed by atoms with Crippen LogP contribution in [-0.2, 0) is 13.1 Å². The lowest BCUT2D eigenvalue weighted by atomic mass is 10.1. The van der Waals surface area contributed by atoms with E-state index in [0.29, 0.717) is 17.1 Å². The molecule has 0 fully saturated rings. The molecule has 1 heterocycles. The third-order valence-corrected chi connectivity index (χ3v) is 5.17. The van der Waals surface area contributed by atoms with E-state index in [0.717, 1.165) is 29.2 Å². The summed E-state index contributed by atoms with van der Waals surface area (Å²) in [5.41, 5.74) is 5.50. The largest absolute Gasteiger partial charge is 0.348 e. The fourth-order valence-corrected chi connectivity index (χ4v) is 3.25. The van der Waals surface area contributed by atoms with Crippen molar-refractivity contribution in [3.8, 4) is 5.69 Å². The van der Waals surface area contributed by atoms with Gasteiger partial charge in [0.1, 0.15) is 0 Å². The molecular formula is C22H25ClN4O. The monoisotopic (exact) mass is 396 g/mol. The Morgan fingerprint density at radius 2 is 1.71 bits per heavy atom. The summed E-state index contributed by atoms with van der Waals surface area (Å²) in [6.45, 7) is 5.14. The average Bonchev–Trinajstić information content (AvgIpc) is 2.94. The van der Waals surface area contributed by atoms with Crippen molar-refractivity contribution in [1.29, 1.82) is 0 Å². The molecule has 5 nitrogen and oxygen atoms in total. The van der Waals surface area contributed by atoms with Crippen LogP contribution in [0.3, 0.4) is 0 Å². The topological polar surface area (TPSA) is 50.2 Å². The van der Waals surface area contributed by atoms with Crippen molar-refractivity contribution in [3.05, 3.63) is 81.6 Å². The standard InChI is InChI=1S/C22H25ClN4O/c1-15-21(23)16(2)27(25-15)20-11-9-17(10-12-20)22(28)24-13-18-7-5-6-8-19(18)14-26(3)4/h5-12H,13-14H2,1-4H3,(H,24,28). The molecule has 0 aliphatic carbocycles. The van der Waals surface area contributed by atoms with Crippen molar-refractivity contribution in [1.82, 2.24) is 20.0 Å². The first-order chi connectivity index (χ1) is 13.4. The Bertz CT molecular complexity index is 977. The maximum atomic E-state index is 12.6. The van der Waals surface area contributed by atoms with Gasteiger partial charge in [-0.3, -0.25) is 4.79 Å². The SMILES string of the molecule is Cc1nn(-c2ccc(C(=O)NCc3ccccc3CN(C)C)cc2)c(C)c1Cl. The van der Waals surface area contributed by atoms with Crippen molar-refractivity contribution in [3.63, 3.8) is 0 Å². The van der Waals surface area contributed by atoms with Gasteiger partial charge in [0.15, 0.2) is 0 Å². The second-order valence-corrected chi connectivity index (χ2v) is 7.51. The predicted octanol–water partition coefficient (Wildman–Crippen LogP) is 4.13. The number of rotatable bonds is 6. The van der Waals surface area contributed by atoms with Gasteiger partial charge < -0.3 is 10.2 Å². The summed E-state index contributed by atoms with van der Waals surface area (Å²) in [6.07, 6.45) is 0. The molecule has 0 atom stereocenters. The number of hydrogen-bond acceptors (Lipinski definition) is 3. The van der Waals surface area contributed by atoms with Crippen LogP contribution in [0.25, 0.3) is 5.69 Å². The molecule has 6 heteroatoms. The number of halogens is 1. The van der Waals surface area contributed by atoms with Crippen LogP contribution in [0, 0.1) is 13.8 Å². The summed E-state index contributed by atoms with van der Waals surface area (Å²) in [5.74, 6) is -0.0994. The van der Waals surface area contributed by atoms with Gasteiger partial charge in [0.25, 0.3) is 5.91 Å². The van der Waals surface area contributed by atoms with Crippen molar-refractivity contribution >= 4 is 17.5 Å². The van der Waals surface area contributed by atoms with Crippen molar-refractivity contribution in [2.24, 2.45) is 0 Å². The van der Waals surface area contributed by atoms with Gasteiger partial charge in [-0.25, -0.2) is 4.68 Å². The summed E-state index contributed by atoms with van der Waals surface area (Å²) >= 11 is 6.22. The van der Waals surface area contributed by atoms with E-state index in [9.17, 15) is 4.79 Å². The predicted molar refractivity (Wildman–Crippen MR) is 113 cm³/mol. The molecule has 2 aromatic carbocycles. The van der Waals surface area contributed by atoms with Gasteiger partial charge in [-0.1, -0.05) is 35.9 Å². The Balaban J connectivity index is 1.70. The highest BCUT2D eigenvalue weighted by molar-refractivity contribution is 6.31. The smallest absolute Gasteiger partial charge is 0.251 e. The summed E-state index contributed by atoms with van der Waals surface area (Å²) < 4.78 is 1.79.